The highest BCUT2D eigenvalue weighted by molar-refractivity contribution is 9.10. The highest BCUT2D eigenvalue weighted by Crippen LogP contribution is 2.17. The monoisotopic (exact) mass is 489 g/mol. The summed E-state index contributed by atoms with van der Waals surface area (Å²) in [5.41, 5.74) is 1.84. The molecule has 1 fully saturated rings. The standard InChI is InChI=1S/C23H28BrN3O2S/c1-30-16-11-21(25-22(28)19-9-5-6-10-20(19)24)23(29)27-14-12-26(13-15-27)17-18-7-3-2-4-8-18/h2-10,21H,11-17H2,1H3,(H,25,28). The van der Waals surface area contributed by atoms with Gasteiger partial charge in [0.2, 0.25) is 5.91 Å². The number of piperazine rings is 1. The van der Waals surface area contributed by atoms with Gasteiger partial charge >= 0.3 is 0 Å². The van der Waals surface area contributed by atoms with E-state index >= 15 is 0 Å². The highest BCUT2D eigenvalue weighted by Gasteiger charge is 2.29. The van der Waals surface area contributed by atoms with Crippen LogP contribution in [0.1, 0.15) is 22.3 Å². The molecule has 1 aliphatic rings. The maximum atomic E-state index is 13.2. The Morgan fingerprint density at radius 3 is 2.37 bits per heavy atom. The summed E-state index contributed by atoms with van der Waals surface area (Å²) in [6.07, 6.45) is 2.64. The third-order valence-electron chi connectivity index (χ3n) is 5.27. The van der Waals surface area contributed by atoms with Crippen molar-refractivity contribution in [1.82, 2.24) is 15.1 Å². The SMILES string of the molecule is CSCCC(NC(=O)c1ccccc1Br)C(=O)N1CCN(Cc2ccccc2)CC1. The maximum Gasteiger partial charge on any atom is 0.253 e. The Hall–Kier alpha value is -1.83. The van der Waals surface area contributed by atoms with Crippen molar-refractivity contribution in [2.75, 3.05) is 38.2 Å². The third-order valence-corrected chi connectivity index (χ3v) is 6.60. The van der Waals surface area contributed by atoms with E-state index in [4.69, 9.17) is 0 Å². The number of thioether (sulfide) groups is 1. The van der Waals surface area contributed by atoms with Crippen LogP contribution in [0.3, 0.4) is 0 Å². The van der Waals surface area contributed by atoms with Gasteiger partial charge in [0.1, 0.15) is 6.04 Å². The summed E-state index contributed by atoms with van der Waals surface area (Å²) in [5, 5.41) is 2.97. The first-order valence-corrected chi connectivity index (χ1v) is 12.4. The van der Waals surface area contributed by atoms with Crippen molar-refractivity contribution in [2.24, 2.45) is 0 Å². The van der Waals surface area contributed by atoms with Crippen LogP contribution in [0.5, 0.6) is 0 Å². The second-order valence-corrected chi connectivity index (χ2v) is 9.21. The fourth-order valence-corrected chi connectivity index (χ4v) is 4.50. The summed E-state index contributed by atoms with van der Waals surface area (Å²) in [7, 11) is 0. The minimum atomic E-state index is -0.502. The van der Waals surface area contributed by atoms with Gasteiger partial charge in [-0.15, -0.1) is 0 Å². The van der Waals surface area contributed by atoms with Crippen molar-refractivity contribution in [2.45, 2.75) is 19.0 Å². The maximum absolute atomic E-state index is 13.2. The first-order valence-electron chi connectivity index (χ1n) is 10.2. The predicted molar refractivity (Wildman–Crippen MR) is 127 cm³/mol. The van der Waals surface area contributed by atoms with E-state index < -0.39 is 6.04 Å². The molecule has 0 aliphatic carbocycles. The van der Waals surface area contributed by atoms with Crippen molar-refractivity contribution < 1.29 is 9.59 Å². The molecule has 160 valence electrons. The number of carbonyl (C=O) groups excluding carboxylic acids is 2. The van der Waals surface area contributed by atoms with Gasteiger partial charge in [-0.25, -0.2) is 0 Å². The largest absolute Gasteiger partial charge is 0.340 e. The van der Waals surface area contributed by atoms with Crippen LogP contribution in [-0.4, -0.2) is 65.8 Å². The Labute approximate surface area is 191 Å². The van der Waals surface area contributed by atoms with Crippen LogP contribution in [-0.2, 0) is 11.3 Å². The van der Waals surface area contributed by atoms with Crippen molar-refractivity contribution in [1.29, 1.82) is 0 Å². The molecule has 7 heteroatoms. The molecule has 2 amide bonds. The molecule has 3 rings (SSSR count). The number of hydrogen-bond donors (Lipinski definition) is 1. The van der Waals surface area contributed by atoms with Gasteiger partial charge in [-0.3, -0.25) is 14.5 Å². The Morgan fingerprint density at radius 1 is 1.03 bits per heavy atom. The number of nitrogens with one attached hydrogen (secondary N) is 1. The lowest BCUT2D eigenvalue weighted by molar-refractivity contribution is -0.135. The number of amides is 2. The normalized spacial score (nSPS) is 15.6. The molecular formula is C23H28BrN3O2S. The number of hydrogen-bond acceptors (Lipinski definition) is 4. The minimum absolute atomic E-state index is 0.0174. The lowest BCUT2D eigenvalue weighted by Crippen LogP contribution is -2.55. The average Bonchev–Trinajstić information content (AvgIpc) is 2.77. The van der Waals surface area contributed by atoms with Crippen molar-refractivity contribution in [3.63, 3.8) is 0 Å². The molecule has 0 radical (unpaired) electrons. The van der Waals surface area contributed by atoms with E-state index in [0.717, 1.165) is 29.9 Å². The van der Waals surface area contributed by atoms with Crippen molar-refractivity contribution in [3.8, 4) is 0 Å². The quantitative estimate of drug-likeness (QED) is 0.614. The van der Waals surface area contributed by atoms with E-state index in [0.29, 0.717) is 25.1 Å². The minimum Gasteiger partial charge on any atom is -0.340 e. The fraction of sp³-hybridized carbons (Fsp3) is 0.391. The van der Waals surface area contributed by atoms with Gasteiger partial charge in [0.05, 0.1) is 5.56 Å². The summed E-state index contributed by atoms with van der Waals surface area (Å²) in [4.78, 5) is 30.2. The van der Waals surface area contributed by atoms with E-state index in [2.05, 4.69) is 50.4 Å². The summed E-state index contributed by atoms with van der Waals surface area (Å²) < 4.78 is 0.730. The third kappa shape index (κ3) is 6.33. The van der Waals surface area contributed by atoms with Crippen LogP contribution >= 0.6 is 27.7 Å². The summed E-state index contributed by atoms with van der Waals surface area (Å²) >= 11 is 5.10. The van der Waals surface area contributed by atoms with Gasteiger partial charge < -0.3 is 10.2 Å². The zero-order valence-electron chi connectivity index (χ0n) is 17.2. The van der Waals surface area contributed by atoms with Gasteiger partial charge in [0, 0.05) is 37.2 Å². The van der Waals surface area contributed by atoms with Gasteiger partial charge in [0.25, 0.3) is 5.91 Å². The molecule has 2 aromatic carbocycles. The highest BCUT2D eigenvalue weighted by atomic mass is 79.9. The van der Waals surface area contributed by atoms with Crippen LogP contribution in [0, 0.1) is 0 Å². The lowest BCUT2D eigenvalue weighted by Gasteiger charge is -2.36. The van der Waals surface area contributed by atoms with E-state index in [-0.39, 0.29) is 11.8 Å². The molecule has 5 nitrogen and oxygen atoms in total. The molecule has 1 unspecified atom stereocenters. The predicted octanol–water partition coefficient (Wildman–Crippen LogP) is 3.65. The molecule has 0 bridgehead atoms. The molecule has 0 aromatic heterocycles. The van der Waals surface area contributed by atoms with Gasteiger partial charge in [0.15, 0.2) is 0 Å². The lowest BCUT2D eigenvalue weighted by atomic mass is 10.1. The second-order valence-electron chi connectivity index (χ2n) is 7.37. The van der Waals surface area contributed by atoms with Crippen LogP contribution < -0.4 is 5.32 Å². The molecule has 0 spiro atoms. The number of nitrogens with zero attached hydrogens (tertiary/aromatic N) is 2. The number of rotatable bonds is 8. The Balaban J connectivity index is 1.58. The average molecular weight is 490 g/mol. The molecule has 1 aliphatic heterocycles. The van der Waals surface area contributed by atoms with E-state index in [1.165, 1.54) is 5.56 Å². The smallest absolute Gasteiger partial charge is 0.253 e. The topological polar surface area (TPSA) is 52.7 Å². The van der Waals surface area contributed by atoms with Crippen LogP contribution in [0.15, 0.2) is 59.1 Å². The van der Waals surface area contributed by atoms with Crippen LogP contribution in [0.25, 0.3) is 0 Å². The number of carbonyl (C=O) groups is 2. The zero-order valence-corrected chi connectivity index (χ0v) is 19.6. The van der Waals surface area contributed by atoms with Crippen molar-refractivity contribution >= 4 is 39.5 Å². The molecule has 2 aromatic rings. The van der Waals surface area contributed by atoms with Crippen LogP contribution in [0.2, 0.25) is 0 Å². The first kappa shape index (κ1) is 22.8. The zero-order chi connectivity index (χ0) is 21.3. The molecular weight excluding hydrogens is 462 g/mol. The summed E-state index contributed by atoms with van der Waals surface area (Å²) in [5.74, 6) is 0.620. The number of benzene rings is 2. The van der Waals surface area contributed by atoms with Crippen molar-refractivity contribution in [3.05, 3.63) is 70.2 Å². The second kappa shape index (κ2) is 11.5. The molecule has 1 heterocycles. The van der Waals surface area contributed by atoms with E-state index in [1.54, 1.807) is 17.8 Å². The number of halogens is 1. The Morgan fingerprint density at radius 2 is 1.70 bits per heavy atom. The molecule has 1 atom stereocenters. The van der Waals surface area contributed by atoms with Crippen LogP contribution in [0.4, 0.5) is 0 Å². The Kier molecular flexibility index (Phi) is 8.78. The molecule has 0 saturated carbocycles. The van der Waals surface area contributed by atoms with Gasteiger partial charge in [-0.2, -0.15) is 11.8 Å². The first-order chi connectivity index (χ1) is 14.6. The summed E-state index contributed by atoms with van der Waals surface area (Å²) in [6.45, 7) is 3.96. The van der Waals surface area contributed by atoms with Gasteiger partial charge in [-0.05, 0) is 52.1 Å². The summed E-state index contributed by atoms with van der Waals surface area (Å²) in [6, 6.07) is 17.2. The molecule has 1 saturated heterocycles. The Bertz CT molecular complexity index is 841. The van der Waals surface area contributed by atoms with E-state index in [1.807, 2.05) is 35.4 Å². The van der Waals surface area contributed by atoms with E-state index in [9.17, 15) is 9.59 Å². The molecule has 1 N–H and O–H groups in total. The van der Waals surface area contributed by atoms with Gasteiger partial charge in [-0.1, -0.05) is 42.5 Å². The molecule has 30 heavy (non-hydrogen) atoms. The fourth-order valence-electron chi connectivity index (χ4n) is 3.56.